The van der Waals surface area contributed by atoms with E-state index in [1.54, 1.807) is 6.20 Å². The minimum atomic E-state index is 0.272. The minimum Gasteiger partial charge on any atom is -0.324 e. The number of hydrogen-bond acceptors (Lipinski definition) is 5. The highest BCUT2D eigenvalue weighted by Crippen LogP contribution is 2.22. The van der Waals surface area contributed by atoms with Gasteiger partial charge in [0.05, 0.1) is 12.4 Å². The van der Waals surface area contributed by atoms with Gasteiger partial charge in [-0.3, -0.25) is 0 Å². The van der Waals surface area contributed by atoms with Gasteiger partial charge in [-0.05, 0) is 23.6 Å². The van der Waals surface area contributed by atoms with Crippen LogP contribution in [0.15, 0.2) is 42.9 Å². The molecule has 0 amide bonds. The molecule has 5 nitrogen and oxygen atoms in total. The fourth-order valence-electron chi connectivity index (χ4n) is 1.76. The van der Waals surface area contributed by atoms with Crippen molar-refractivity contribution in [3.8, 4) is 6.07 Å². The first-order chi connectivity index (χ1) is 9.74. The molecule has 0 radical (unpaired) electrons. The number of nitrogens with one attached hydrogen (secondary N) is 1. The van der Waals surface area contributed by atoms with Crippen LogP contribution < -0.4 is 5.32 Å². The summed E-state index contributed by atoms with van der Waals surface area (Å²) in [4.78, 5) is 12.3. The van der Waals surface area contributed by atoms with Crippen molar-refractivity contribution in [3.05, 3.63) is 53.6 Å². The van der Waals surface area contributed by atoms with E-state index < -0.39 is 0 Å². The standard InChI is InChI=1S/C14H8ClN5/c15-11-2-1-9-6-18-13(4-10(9)3-11)20-14-8-17-12(5-16)7-19-14/h1-4,6-8H,(H,18,19,20). The third-order valence-corrected chi connectivity index (χ3v) is 2.94. The lowest BCUT2D eigenvalue weighted by Gasteiger charge is -2.05. The van der Waals surface area contributed by atoms with Crippen molar-refractivity contribution in [1.82, 2.24) is 15.0 Å². The molecule has 2 aromatic heterocycles. The summed E-state index contributed by atoms with van der Waals surface area (Å²) in [6.45, 7) is 0. The Morgan fingerprint density at radius 2 is 1.80 bits per heavy atom. The molecule has 0 saturated carbocycles. The highest BCUT2D eigenvalue weighted by Gasteiger charge is 2.01. The second kappa shape index (κ2) is 5.11. The van der Waals surface area contributed by atoms with Gasteiger partial charge in [0.25, 0.3) is 0 Å². The molecule has 0 aliphatic heterocycles. The van der Waals surface area contributed by atoms with Crippen LogP contribution >= 0.6 is 11.6 Å². The average molecular weight is 282 g/mol. The first-order valence-electron chi connectivity index (χ1n) is 5.79. The predicted molar refractivity (Wildman–Crippen MR) is 76.8 cm³/mol. The van der Waals surface area contributed by atoms with Crippen molar-refractivity contribution < 1.29 is 0 Å². The summed E-state index contributed by atoms with van der Waals surface area (Å²) >= 11 is 5.97. The third kappa shape index (κ3) is 2.51. The number of pyridine rings is 1. The SMILES string of the molecule is N#Cc1cnc(Nc2cc3cc(Cl)ccc3cn2)cn1. The summed E-state index contributed by atoms with van der Waals surface area (Å²) in [6, 6.07) is 9.40. The first kappa shape index (κ1) is 12.3. The molecule has 0 aliphatic rings. The average Bonchev–Trinajstić information content (AvgIpc) is 2.47. The first-order valence-corrected chi connectivity index (χ1v) is 6.17. The molecule has 96 valence electrons. The number of halogens is 1. The molecule has 3 rings (SSSR count). The van der Waals surface area contributed by atoms with E-state index in [0.29, 0.717) is 16.7 Å². The van der Waals surface area contributed by atoms with Gasteiger partial charge in [0, 0.05) is 16.6 Å². The fourth-order valence-corrected chi connectivity index (χ4v) is 1.94. The van der Waals surface area contributed by atoms with Gasteiger partial charge in [-0.1, -0.05) is 17.7 Å². The largest absolute Gasteiger partial charge is 0.324 e. The summed E-state index contributed by atoms with van der Waals surface area (Å²) < 4.78 is 0. The summed E-state index contributed by atoms with van der Waals surface area (Å²) in [5.74, 6) is 1.16. The lowest BCUT2D eigenvalue weighted by molar-refractivity contribution is 1.15. The maximum atomic E-state index is 8.66. The number of nitrogens with zero attached hydrogens (tertiary/aromatic N) is 4. The molecule has 1 N–H and O–H groups in total. The summed E-state index contributed by atoms with van der Waals surface area (Å²) in [5, 5.41) is 14.4. The molecule has 0 bridgehead atoms. The zero-order chi connectivity index (χ0) is 13.9. The van der Waals surface area contributed by atoms with Crippen LogP contribution in [0.5, 0.6) is 0 Å². The molecule has 0 saturated heterocycles. The Hall–Kier alpha value is -2.71. The smallest absolute Gasteiger partial charge is 0.158 e. The molecule has 0 fully saturated rings. The number of nitriles is 1. The number of hydrogen-bond donors (Lipinski definition) is 1. The highest BCUT2D eigenvalue weighted by atomic mass is 35.5. The van der Waals surface area contributed by atoms with Gasteiger partial charge in [0.1, 0.15) is 17.7 Å². The van der Waals surface area contributed by atoms with Crippen molar-refractivity contribution in [3.63, 3.8) is 0 Å². The summed E-state index contributed by atoms with van der Waals surface area (Å²) in [5.41, 5.74) is 0.272. The normalized spacial score (nSPS) is 10.2. The maximum Gasteiger partial charge on any atom is 0.158 e. The second-order valence-electron chi connectivity index (χ2n) is 4.08. The van der Waals surface area contributed by atoms with Gasteiger partial charge >= 0.3 is 0 Å². The van der Waals surface area contributed by atoms with Crippen molar-refractivity contribution in [2.45, 2.75) is 0 Å². The van der Waals surface area contributed by atoms with E-state index in [1.807, 2.05) is 30.3 Å². The van der Waals surface area contributed by atoms with Gasteiger partial charge < -0.3 is 5.32 Å². The Labute approximate surface area is 119 Å². The lowest BCUT2D eigenvalue weighted by Crippen LogP contribution is -1.97. The number of aromatic nitrogens is 3. The van der Waals surface area contributed by atoms with Crippen molar-refractivity contribution in [2.24, 2.45) is 0 Å². The van der Waals surface area contributed by atoms with Gasteiger partial charge in [0.2, 0.25) is 0 Å². The predicted octanol–water partition coefficient (Wildman–Crippen LogP) is 3.29. The molecule has 0 atom stereocenters. The van der Waals surface area contributed by atoms with Gasteiger partial charge in [-0.15, -0.1) is 0 Å². The second-order valence-corrected chi connectivity index (χ2v) is 4.52. The van der Waals surface area contributed by atoms with Crippen LogP contribution in [0.4, 0.5) is 11.6 Å². The molecule has 20 heavy (non-hydrogen) atoms. The van der Waals surface area contributed by atoms with Crippen LogP contribution in [0.2, 0.25) is 5.02 Å². The van der Waals surface area contributed by atoms with Gasteiger partial charge in [-0.25, -0.2) is 15.0 Å². The number of fused-ring (bicyclic) bond motifs is 1. The monoisotopic (exact) mass is 281 g/mol. The van der Waals surface area contributed by atoms with E-state index >= 15 is 0 Å². The Bertz CT molecular complexity index is 808. The van der Waals surface area contributed by atoms with Gasteiger partial charge in [-0.2, -0.15) is 5.26 Å². The molecule has 0 unspecified atom stereocenters. The van der Waals surface area contributed by atoms with Gasteiger partial charge in [0.15, 0.2) is 5.69 Å². The zero-order valence-corrected chi connectivity index (χ0v) is 11.0. The Morgan fingerprint density at radius 1 is 0.950 bits per heavy atom. The molecule has 1 aromatic carbocycles. The molecule has 3 aromatic rings. The number of rotatable bonds is 2. The minimum absolute atomic E-state index is 0.272. The Balaban J connectivity index is 1.92. The number of anilines is 2. The summed E-state index contributed by atoms with van der Waals surface area (Å²) in [6.07, 6.45) is 4.65. The van der Waals surface area contributed by atoms with Crippen molar-refractivity contribution in [1.29, 1.82) is 5.26 Å². The molecule has 0 aliphatic carbocycles. The Morgan fingerprint density at radius 3 is 2.55 bits per heavy atom. The topological polar surface area (TPSA) is 74.5 Å². The third-order valence-electron chi connectivity index (χ3n) is 2.71. The molecular weight excluding hydrogens is 274 g/mol. The van der Waals surface area contributed by atoms with Crippen LogP contribution in [0.1, 0.15) is 5.69 Å². The maximum absolute atomic E-state index is 8.66. The van der Waals surface area contributed by atoms with Crippen LogP contribution in [0.25, 0.3) is 10.8 Å². The van der Waals surface area contributed by atoms with E-state index in [9.17, 15) is 0 Å². The Kier molecular flexibility index (Phi) is 3.15. The van der Waals surface area contributed by atoms with Crippen LogP contribution in [0.3, 0.4) is 0 Å². The van der Waals surface area contributed by atoms with E-state index in [2.05, 4.69) is 20.3 Å². The molecule has 0 spiro atoms. The molecule has 6 heteroatoms. The van der Waals surface area contributed by atoms with Crippen LogP contribution in [-0.4, -0.2) is 15.0 Å². The van der Waals surface area contributed by atoms with E-state index in [1.165, 1.54) is 12.4 Å². The lowest BCUT2D eigenvalue weighted by atomic mass is 10.2. The van der Waals surface area contributed by atoms with Crippen LogP contribution in [0, 0.1) is 11.3 Å². The number of benzene rings is 1. The zero-order valence-electron chi connectivity index (χ0n) is 10.2. The van der Waals surface area contributed by atoms with Crippen molar-refractivity contribution in [2.75, 3.05) is 5.32 Å². The highest BCUT2D eigenvalue weighted by molar-refractivity contribution is 6.31. The summed E-state index contributed by atoms with van der Waals surface area (Å²) in [7, 11) is 0. The van der Waals surface area contributed by atoms with E-state index in [-0.39, 0.29) is 5.69 Å². The fraction of sp³-hybridized carbons (Fsp3) is 0. The molecule has 2 heterocycles. The van der Waals surface area contributed by atoms with Crippen LogP contribution in [-0.2, 0) is 0 Å². The quantitative estimate of drug-likeness (QED) is 0.780. The van der Waals surface area contributed by atoms with Crippen molar-refractivity contribution >= 4 is 34.0 Å². The van der Waals surface area contributed by atoms with E-state index in [0.717, 1.165) is 10.8 Å². The van der Waals surface area contributed by atoms with E-state index in [4.69, 9.17) is 16.9 Å². The molecular formula is C14H8ClN5.